The largest absolute Gasteiger partial charge is 0.454 e. The highest BCUT2D eigenvalue weighted by atomic mass is 16.6. The van der Waals surface area contributed by atoms with E-state index >= 15 is 0 Å². The molecular formula is C21H20N2O7. The maximum atomic E-state index is 12.6. The average Bonchev–Trinajstić information content (AvgIpc) is 2.98. The highest BCUT2D eigenvalue weighted by Gasteiger charge is 2.35. The molecule has 2 amide bonds. The van der Waals surface area contributed by atoms with E-state index in [4.69, 9.17) is 9.47 Å². The Kier molecular flexibility index (Phi) is 6.22. The second-order valence-electron chi connectivity index (χ2n) is 6.77. The van der Waals surface area contributed by atoms with Crippen molar-refractivity contribution in [2.24, 2.45) is 0 Å². The molecule has 1 atom stereocenters. The average molecular weight is 412 g/mol. The van der Waals surface area contributed by atoms with Crippen LogP contribution in [0.3, 0.4) is 0 Å². The molecule has 0 bridgehead atoms. The predicted molar refractivity (Wildman–Crippen MR) is 105 cm³/mol. The van der Waals surface area contributed by atoms with Gasteiger partial charge in [0.2, 0.25) is 0 Å². The predicted octanol–water partition coefficient (Wildman–Crippen LogP) is 3.15. The zero-order valence-corrected chi connectivity index (χ0v) is 16.5. The Bertz CT molecular complexity index is 1020. The molecule has 0 radical (unpaired) electrons. The quantitative estimate of drug-likeness (QED) is 0.215. The molecule has 2 aromatic carbocycles. The maximum absolute atomic E-state index is 12.6. The first-order chi connectivity index (χ1) is 14.3. The number of carbonyl (C=O) groups excluding carboxylic acids is 3. The van der Waals surface area contributed by atoms with Gasteiger partial charge in [0.05, 0.1) is 21.6 Å². The molecule has 1 heterocycles. The van der Waals surface area contributed by atoms with E-state index in [0.29, 0.717) is 18.6 Å². The van der Waals surface area contributed by atoms with Gasteiger partial charge in [0.25, 0.3) is 17.5 Å². The number of esters is 1. The summed E-state index contributed by atoms with van der Waals surface area (Å²) in [4.78, 5) is 49.1. The van der Waals surface area contributed by atoms with Gasteiger partial charge in [-0.15, -0.1) is 0 Å². The lowest BCUT2D eigenvalue weighted by atomic mass is 10.1. The van der Waals surface area contributed by atoms with Crippen LogP contribution in [0.25, 0.3) is 0 Å². The first-order valence-electron chi connectivity index (χ1n) is 9.28. The number of methoxy groups -OCH3 is 1. The normalized spacial score (nSPS) is 13.9. The van der Waals surface area contributed by atoms with Crippen molar-refractivity contribution < 1.29 is 28.8 Å². The molecule has 0 aromatic heterocycles. The van der Waals surface area contributed by atoms with Gasteiger partial charge in [-0.3, -0.25) is 24.6 Å². The summed E-state index contributed by atoms with van der Waals surface area (Å²) in [6.45, 7) is 2.24. The number of nitrogens with zero attached hydrogens (tertiary/aromatic N) is 2. The first-order valence-corrected chi connectivity index (χ1v) is 9.28. The molecule has 9 heteroatoms. The molecule has 0 aliphatic carbocycles. The first kappa shape index (κ1) is 21.1. The van der Waals surface area contributed by atoms with Crippen molar-refractivity contribution in [2.75, 3.05) is 20.3 Å². The van der Waals surface area contributed by atoms with E-state index in [1.54, 1.807) is 13.0 Å². The minimum atomic E-state index is -0.742. The fourth-order valence-corrected chi connectivity index (χ4v) is 3.18. The van der Waals surface area contributed by atoms with Crippen LogP contribution < -0.4 is 0 Å². The highest BCUT2D eigenvalue weighted by molar-refractivity contribution is 6.21. The van der Waals surface area contributed by atoms with Crippen LogP contribution in [0, 0.1) is 10.1 Å². The van der Waals surface area contributed by atoms with Gasteiger partial charge >= 0.3 is 5.97 Å². The van der Waals surface area contributed by atoms with Crippen LogP contribution in [0.15, 0.2) is 42.5 Å². The molecule has 2 aromatic rings. The number of rotatable bonds is 8. The molecule has 0 fully saturated rings. The zero-order chi connectivity index (χ0) is 21.8. The summed E-state index contributed by atoms with van der Waals surface area (Å²) in [7, 11) is 1.54. The van der Waals surface area contributed by atoms with Gasteiger partial charge in [-0.05, 0) is 37.1 Å². The van der Waals surface area contributed by atoms with E-state index < -0.39 is 28.8 Å². The van der Waals surface area contributed by atoms with E-state index in [0.717, 1.165) is 4.90 Å². The summed E-state index contributed by atoms with van der Waals surface area (Å²) in [5.41, 5.74) is 0.862. The van der Waals surface area contributed by atoms with Gasteiger partial charge in [-0.25, -0.2) is 4.79 Å². The van der Waals surface area contributed by atoms with E-state index in [-0.39, 0.29) is 28.9 Å². The second-order valence-corrected chi connectivity index (χ2v) is 6.77. The molecule has 156 valence electrons. The standard InChI is InChI=1S/C21H20N2O7/c1-13(14-5-3-6-16(11-14)23(27)28)30-21(26)15-7-8-17-18(12-15)20(25)22(19(17)24)9-4-10-29-2/h3,5-8,11-13H,4,9-10H2,1-2H3. The van der Waals surface area contributed by atoms with Crippen LogP contribution in [-0.2, 0) is 9.47 Å². The molecular weight excluding hydrogens is 392 g/mol. The van der Waals surface area contributed by atoms with Crippen LogP contribution in [0.1, 0.15) is 56.1 Å². The Morgan fingerprint density at radius 1 is 1.13 bits per heavy atom. The molecule has 1 aliphatic heterocycles. The molecule has 0 saturated carbocycles. The number of benzene rings is 2. The van der Waals surface area contributed by atoms with Crippen molar-refractivity contribution in [3.05, 3.63) is 74.8 Å². The molecule has 3 rings (SSSR count). The summed E-state index contributed by atoms with van der Waals surface area (Å²) in [6, 6.07) is 10.0. The minimum Gasteiger partial charge on any atom is -0.454 e. The number of fused-ring (bicyclic) bond motifs is 1. The van der Waals surface area contributed by atoms with Crippen LogP contribution in [0.4, 0.5) is 5.69 Å². The lowest BCUT2D eigenvalue weighted by Crippen LogP contribution is -2.31. The number of amides is 2. The SMILES string of the molecule is COCCCN1C(=O)c2ccc(C(=O)OC(C)c3cccc([N+](=O)[O-])c3)cc2C1=O. The minimum absolute atomic E-state index is 0.106. The van der Waals surface area contributed by atoms with Gasteiger partial charge in [0.1, 0.15) is 6.10 Å². The maximum Gasteiger partial charge on any atom is 0.338 e. The zero-order valence-electron chi connectivity index (χ0n) is 16.5. The highest BCUT2D eigenvalue weighted by Crippen LogP contribution is 2.26. The Hall–Kier alpha value is -3.59. The van der Waals surface area contributed by atoms with Crippen LogP contribution in [0.2, 0.25) is 0 Å². The molecule has 0 saturated heterocycles. The number of imide groups is 1. The van der Waals surface area contributed by atoms with Gasteiger partial charge in [0, 0.05) is 32.4 Å². The van der Waals surface area contributed by atoms with E-state index in [9.17, 15) is 24.5 Å². The van der Waals surface area contributed by atoms with Crippen molar-refractivity contribution in [1.82, 2.24) is 4.90 Å². The molecule has 0 N–H and O–H groups in total. The number of nitro benzene ring substituents is 1. The molecule has 1 unspecified atom stereocenters. The smallest absolute Gasteiger partial charge is 0.338 e. The molecule has 0 spiro atoms. The van der Waals surface area contributed by atoms with Gasteiger partial charge in [0.15, 0.2) is 0 Å². The molecule has 1 aliphatic rings. The molecule has 30 heavy (non-hydrogen) atoms. The number of nitro groups is 1. The topological polar surface area (TPSA) is 116 Å². The second kappa shape index (κ2) is 8.83. The number of non-ortho nitro benzene ring substituents is 1. The van der Waals surface area contributed by atoms with Crippen molar-refractivity contribution in [3.8, 4) is 0 Å². The lowest BCUT2D eigenvalue weighted by molar-refractivity contribution is -0.385. The van der Waals surface area contributed by atoms with Crippen LogP contribution in [-0.4, -0.2) is 47.9 Å². The fourth-order valence-electron chi connectivity index (χ4n) is 3.18. The number of hydrogen-bond donors (Lipinski definition) is 0. The van der Waals surface area contributed by atoms with Crippen LogP contribution in [0.5, 0.6) is 0 Å². The van der Waals surface area contributed by atoms with Crippen molar-refractivity contribution in [1.29, 1.82) is 0 Å². The summed E-state index contributed by atoms with van der Waals surface area (Å²) in [5, 5.41) is 10.9. The Labute approximate surface area is 172 Å². The van der Waals surface area contributed by atoms with Crippen molar-refractivity contribution in [3.63, 3.8) is 0 Å². The fraction of sp³-hybridized carbons (Fsp3) is 0.286. The van der Waals surface area contributed by atoms with E-state index in [1.165, 1.54) is 43.5 Å². The number of ether oxygens (including phenoxy) is 2. The van der Waals surface area contributed by atoms with Gasteiger partial charge in [-0.2, -0.15) is 0 Å². The van der Waals surface area contributed by atoms with E-state index in [2.05, 4.69) is 0 Å². The summed E-state index contributed by atoms with van der Waals surface area (Å²) >= 11 is 0. The van der Waals surface area contributed by atoms with Crippen molar-refractivity contribution >= 4 is 23.5 Å². The number of carbonyl (C=O) groups is 3. The molecule has 9 nitrogen and oxygen atoms in total. The monoisotopic (exact) mass is 412 g/mol. The summed E-state index contributed by atoms with van der Waals surface area (Å²) < 4.78 is 10.3. The Balaban J connectivity index is 1.75. The van der Waals surface area contributed by atoms with Crippen molar-refractivity contribution in [2.45, 2.75) is 19.4 Å². The summed E-state index contributed by atoms with van der Waals surface area (Å²) in [6.07, 6.45) is -0.231. The number of hydrogen-bond acceptors (Lipinski definition) is 7. The third kappa shape index (κ3) is 4.20. The van der Waals surface area contributed by atoms with E-state index in [1.807, 2.05) is 0 Å². The Morgan fingerprint density at radius 2 is 1.87 bits per heavy atom. The lowest BCUT2D eigenvalue weighted by Gasteiger charge is -2.14. The van der Waals surface area contributed by atoms with Crippen LogP contribution >= 0.6 is 0 Å². The third-order valence-electron chi connectivity index (χ3n) is 4.77. The third-order valence-corrected chi connectivity index (χ3v) is 4.77. The Morgan fingerprint density at radius 3 is 2.57 bits per heavy atom. The van der Waals surface area contributed by atoms with Gasteiger partial charge < -0.3 is 9.47 Å². The van der Waals surface area contributed by atoms with Gasteiger partial charge in [-0.1, -0.05) is 12.1 Å². The summed E-state index contributed by atoms with van der Waals surface area (Å²) in [5.74, 6) is -1.57.